The molecule has 122 valence electrons. The van der Waals surface area contributed by atoms with Gasteiger partial charge in [-0.05, 0) is 26.3 Å². The number of benzene rings is 1. The molecule has 0 saturated heterocycles. The highest BCUT2D eigenvalue weighted by Crippen LogP contribution is 2.13. The maximum Gasteiger partial charge on any atom is 0.321 e. The molecule has 0 aliphatic carbocycles. The van der Waals surface area contributed by atoms with E-state index in [0.717, 1.165) is 5.56 Å². The van der Waals surface area contributed by atoms with E-state index in [9.17, 15) is 14.7 Å². The third-order valence-electron chi connectivity index (χ3n) is 2.88. The second-order valence-corrected chi connectivity index (χ2v) is 6.38. The van der Waals surface area contributed by atoms with E-state index in [0.29, 0.717) is 6.54 Å². The summed E-state index contributed by atoms with van der Waals surface area (Å²) < 4.78 is 5.28. The van der Waals surface area contributed by atoms with E-state index in [-0.39, 0.29) is 12.3 Å². The number of carbonyl (C=O) groups is 2. The smallest absolute Gasteiger partial charge is 0.321 e. The molecule has 1 rings (SSSR count). The molecule has 0 spiro atoms. The minimum atomic E-state index is -1.01. The van der Waals surface area contributed by atoms with Crippen molar-refractivity contribution in [2.45, 2.75) is 39.0 Å². The van der Waals surface area contributed by atoms with Gasteiger partial charge >= 0.3 is 11.9 Å². The monoisotopic (exact) mass is 325 g/mol. The molecule has 0 amide bonds. The second kappa shape index (κ2) is 8.19. The van der Waals surface area contributed by atoms with Gasteiger partial charge in [-0.15, -0.1) is 0 Å². The first-order valence-electron chi connectivity index (χ1n) is 7.06. The van der Waals surface area contributed by atoms with Gasteiger partial charge in [0.25, 0.3) is 0 Å². The molecular weight excluding hydrogens is 302 g/mol. The molecule has 22 heavy (non-hydrogen) atoms. The number of carbonyl (C=O) groups excluding carboxylic acids is 1. The van der Waals surface area contributed by atoms with Gasteiger partial charge in [-0.1, -0.05) is 30.3 Å². The average Bonchev–Trinajstić information content (AvgIpc) is 2.37. The van der Waals surface area contributed by atoms with E-state index >= 15 is 0 Å². The normalized spacial score (nSPS) is 13.0. The number of esters is 1. The van der Waals surface area contributed by atoms with Gasteiger partial charge in [0.05, 0.1) is 6.54 Å². The Labute approximate surface area is 136 Å². The lowest BCUT2D eigenvalue weighted by Gasteiger charge is -2.28. The molecule has 1 N–H and O–H groups in total. The lowest BCUT2D eigenvalue weighted by atomic mass is 10.1. The lowest BCUT2D eigenvalue weighted by molar-refractivity contribution is -0.158. The van der Waals surface area contributed by atoms with Crippen molar-refractivity contribution < 1.29 is 19.4 Å². The predicted molar refractivity (Wildman–Crippen MR) is 88.0 cm³/mol. The molecule has 0 saturated carbocycles. The summed E-state index contributed by atoms with van der Waals surface area (Å²) in [6, 6.07) is 8.55. The van der Waals surface area contributed by atoms with Crippen molar-refractivity contribution in [1.29, 1.82) is 0 Å². The summed E-state index contributed by atoms with van der Waals surface area (Å²) in [6.45, 7) is 5.58. The lowest BCUT2D eigenvalue weighted by Crippen LogP contribution is -2.46. The molecular formula is C16H23NO4S. The highest BCUT2D eigenvalue weighted by molar-refractivity contribution is 7.80. The Balaban J connectivity index is 2.86. The van der Waals surface area contributed by atoms with Crippen LogP contribution in [-0.2, 0) is 20.9 Å². The molecule has 1 aromatic rings. The largest absolute Gasteiger partial charge is 0.480 e. The van der Waals surface area contributed by atoms with Crippen LogP contribution in [0.1, 0.15) is 26.3 Å². The number of hydrogen-bond donors (Lipinski definition) is 2. The van der Waals surface area contributed by atoms with Crippen LogP contribution in [-0.4, -0.2) is 45.9 Å². The van der Waals surface area contributed by atoms with Crippen LogP contribution in [0.2, 0.25) is 0 Å². The van der Waals surface area contributed by atoms with E-state index in [4.69, 9.17) is 4.74 Å². The van der Waals surface area contributed by atoms with Crippen molar-refractivity contribution in [3.63, 3.8) is 0 Å². The van der Waals surface area contributed by atoms with Crippen LogP contribution in [0.5, 0.6) is 0 Å². The minimum Gasteiger partial charge on any atom is -0.480 e. The van der Waals surface area contributed by atoms with Gasteiger partial charge in [0.15, 0.2) is 0 Å². The third kappa shape index (κ3) is 6.49. The third-order valence-corrected chi connectivity index (χ3v) is 3.23. The van der Waals surface area contributed by atoms with Crippen molar-refractivity contribution >= 4 is 24.6 Å². The first-order valence-corrected chi connectivity index (χ1v) is 7.69. The number of carboxylic acid groups (broad SMARTS) is 1. The zero-order valence-electron chi connectivity index (χ0n) is 13.2. The molecule has 0 radical (unpaired) electrons. The molecule has 1 unspecified atom stereocenters. The number of rotatable bonds is 7. The maximum atomic E-state index is 12.0. The van der Waals surface area contributed by atoms with E-state index in [1.165, 1.54) is 0 Å². The average molecular weight is 325 g/mol. The predicted octanol–water partition coefficient (Wildman–Crippen LogP) is 2.21. The van der Waals surface area contributed by atoms with Gasteiger partial charge in [0.2, 0.25) is 0 Å². The number of ether oxygens (including phenoxy) is 1. The topological polar surface area (TPSA) is 66.8 Å². The fraction of sp³-hybridized carbons (Fsp3) is 0.500. The molecule has 0 aliphatic rings. The summed E-state index contributed by atoms with van der Waals surface area (Å²) in [7, 11) is 0. The highest BCUT2D eigenvalue weighted by Gasteiger charge is 2.28. The fourth-order valence-electron chi connectivity index (χ4n) is 1.98. The van der Waals surface area contributed by atoms with Crippen LogP contribution in [0.4, 0.5) is 0 Å². The number of hydrogen-bond acceptors (Lipinski definition) is 5. The van der Waals surface area contributed by atoms with Gasteiger partial charge in [-0.3, -0.25) is 14.5 Å². The van der Waals surface area contributed by atoms with Crippen LogP contribution in [0, 0.1) is 0 Å². The van der Waals surface area contributed by atoms with Gasteiger partial charge < -0.3 is 9.84 Å². The van der Waals surface area contributed by atoms with Crippen LogP contribution < -0.4 is 0 Å². The number of thiol groups is 1. The quantitative estimate of drug-likeness (QED) is 0.594. The fourth-order valence-corrected chi connectivity index (χ4v) is 2.37. The number of aliphatic carboxylic acids is 1. The molecule has 0 heterocycles. The van der Waals surface area contributed by atoms with Crippen LogP contribution in [0.3, 0.4) is 0 Å². The van der Waals surface area contributed by atoms with Crippen molar-refractivity contribution in [2.24, 2.45) is 0 Å². The maximum absolute atomic E-state index is 12.0. The summed E-state index contributed by atoms with van der Waals surface area (Å²) in [4.78, 5) is 25.0. The van der Waals surface area contributed by atoms with E-state index in [1.807, 2.05) is 30.3 Å². The Morgan fingerprint density at radius 2 is 1.86 bits per heavy atom. The van der Waals surface area contributed by atoms with Gasteiger partial charge in [-0.25, -0.2) is 0 Å². The molecule has 0 fully saturated rings. The molecule has 1 aromatic carbocycles. The number of nitrogens with zero attached hydrogens (tertiary/aromatic N) is 1. The zero-order valence-corrected chi connectivity index (χ0v) is 14.0. The van der Waals surface area contributed by atoms with Crippen molar-refractivity contribution in [2.75, 3.05) is 12.3 Å². The van der Waals surface area contributed by atoms with E-state index in [1.54, 1.807) is 25.7 Å². The van der Waals surface area contributed by atoms with Crippen LogP contribution >= 0.6 is 12.6 Å². The molecule has 0 aromatic heterocycles. The van der Waals surface area contributed by atoms with Crippen molar-refractivity contribution in [1.82, 2.24) is 4.90 Å². The Bertz CT molecular complexity index is 499. The summed E-state index contributed by atoms with van der Waals surface area (Å²) in [5.41, 5.74) is 0.328. The number of carboxylic acids is 1. The first-order chi connectivity index (χ1) is 10.2. The summed E-state index contributed by atoms with van der Waals surface area (Å²) in [6.07, 6.45) is 0. The van der Waals surface area contributed by atoms with Crippen molar-refractivity contribution in [3.8, 4) is 0 Å². The van der Waals surface area contributed by atoms with E-state index < -0.39 is 23.6 Å². The standard InChI is InChI=1S/C16H23NO4S/c1-16(2,3)21-14(18)10-17(13(11-22)15(19)20)9-12-7-5-4-6-8-12/h4-8,13,22H,9-11H2,1-3H3,(H,19,20). The highest BCUT2D eigenvalue weighted by atomic mass is 32.1. The Hall–Kier alpha value is -1.53. The summed E-state index contributed by atoms with van der Waals surface area (Å²) in [5.74, 6) is -1.34. The molecule has 6 heteroatoms. The second-order valence-electron chi connectivity index (χ2n) is 6.01. The molecule has 5 nitrogen and oxygen atoms in total. The first kappa shape index (κ1) is 18.5. The molecule has 1 atom stereocenters. The Morgan fingerprint density at radius 1 is 1.27 bits per heavy atom. The van der Waals surface area contributed by atoms with Gasteiger partial charge in [0.1, 0.15) is 11.6 Å². The van der Waals surface area contributed by atoms with Gasteiger partial charge in [0, 0.05) is 12.3 Å². The molecule has 0 aliphatic heterocycles. The molecule has 0 bridgehead atoms. The van der Waals surface area contributed by atoms with Crippen LogP contribution in [0.25, 0.3) is 0 Å². The van der Waals surface area contributed by atoms with E-state index in [2.05, 4.69) is 12.6 Å². The SMILES string of the molecule is CC(C)(C)OC(=O)CN(Cc1ccccc1)C(CS)C(=O)O. The van der Waals surface area contributed by atoms with Gasteiger partial charge in [-0.2, -0.15) is 12.6 Å². The Morgan fingerprint density at radius 3 is 2.32 bits per heavy atom. The van der Waals surface area contributed by atoms with Crippen molar-refractivity contribution in [3.05, 3.63) is 35.9 Å². The Kier molecular flexibility index (Phi) is 6.90. The zero-order chi connectivity index (χ0) is 16.8. The summed E-state index contributed by atoms with van der Waals surface area (Å²) in [5, 5.41) is 9.32. The summed E-state index contributed by atoms with van der Waals surface area (Å²) >= 11 is 4.09. The minimum absolute atomic E-state index is 0.0936. The van der Waals surface area contributed by atoms with Crippen LogP contribution in [0.15, 0.2) is 30.3 Å².